The largest absolute Gasteiger partial charge is 0.370 e. The van der Waals surface area contributed by atoms with E-state index in [1.165, 1.54) is 0 Å². The Morgan fingerprint density at radius 2 is 2.43 bits per heavy atom. The first-order valence-electron chi connectivity index (χ1n) is 2.45. The summed E-state index contributed by atoms with van der Waals surface area (Å²) in [5.74, 6) is 0. The predicted molar refractivity (Wildman–Crippen MR) is 29.5 cm³/mol. The van der Waals surface area contributed by atoms with E-state index in [0.717, 1.165) is 0 Å². The third-order valence-electron chi connectivity index (χ3n) is 1.26. The summed E-state index contributed by atoms with van der Waals surface area (Å²) in [4.78, 5) is 2.11. The molecule has 1 atom stereocenters. The Balaban J connectivity index is 2.45. The summed E-state index contributed by atoms with van der Waals surface area (Å²) in [5.41, 5.74) is 0. The van der Waals surface area contributed by atoms with E-state index in [9.17, 15) is 0 Å². The summed E-state index contributed by atoms with van der Waals surface area (Å²) in [6.45, 7) is 2.11. The van der Waals surface area contributed by atoms with Crippen LogP contribution in [0.2, 0.25) is 0 Å². The van der Waals surface area contributed by atoms with E-state index < -0.39 is 0 Å². The summed E-state index contributed by atoms with van der Waals surface area (Å²) in [6, 6.07) is 0. The fourth-order valence-corrected chi connectivity index (χ4v) is 0.547. The number of rotatable bonds is 0. The van der Waals surface area contributed by atoms with Crippen LogP contribution in [0, 0.1) is 0 Å². The average molecular weight is 98.1 g/mol. The predicted octanol–water partition coefficient (Wildman–Crippen LogP) is 0.339. The molecule has 2 heteroatoms. The van der Waals surface area contributed by atoms with Crippen molar-refractivity contribution in [2.24, 2.45) is 0 Å². The van der Waals surface area contributed by atoms with E-state index in [1.54, 1.807) is 0 Å². The van der Waals surface area contributed by atoms with Crippen molar-refractivity contribution >= 4 is 0 Å². The van der Waals surface area contributed by atoms with Gasteiger partial charge in [0.15, 0.2) is 0 Å². The molecule has 1 N–H and O–H groups in total. The number of hydrogen-bond donors (Lipinski definition) is 1. The minimum absolute atomic E-state index is 0.486. The van der Waals surface area contributed by atoms with E-state index in [0.29, 0.717) is 6.17 Å². The number of nitrogens with zero attached hydrogens (tertiary/aromatic N) is 1. The van der Waals surface area contributed by atoms with Crippen LogP contribution < -0.4 is 5.32 Å². The zero-order valence-electron chi connectivity index (χ0n) is 4.68. The van der Waals surface area contributed by atoms with Crippen LogP contribution in [0.4, 0.5) is 0 Å². The zero-order chi connectivity index (χ0) is 5.28. The Morgan fingerprint density at radius 1 is 1.71 bits per heavy atom. The van der Waals surface area contributed by atoms with Crippen LogP contribution in [0.25, 0.3) is 0 Å². The van der Waals surface area contributed by atoms with Gasteiger partial charge in [0, 0.05) is 19.4 Å². The summed E-state index contributed by atoms with van der Waals surface area (Å²) < 4.78 is 0. The van der Waals surface area contributed by atoms with Crippen LogP contribution in [0.3, 0.4) is 0 Å². The second-order valence-electron chi connectivity index (χ2n) is 1.82. The highest BCUT2D eigenvalue weighted by atomic mass is 15.3. The Kier molecular flexibility index (Phi) is 0.929. The van der Waals surface area contributed by atoms with Gasteiger partial charge in [-0.1, -0.05) is 0 Å². The maximum atomic E-state index is 3.11. The molecule has 7 heavy (non-hydrogen) atoms. The van der Waals surface area contributed by atoms with Gasteiger partial charge in [-0.15, -0.1) is 0 Å². The molecule has 1 heterocycles. The Hall–Kier alpha value is -0.660. The van der Waals surface area contributed by atoms with Crippen molar-refractivity contribution in [1.29, 1.82) is 0 Å². The average Bonchev–Trinajstić information content (AvgIpc) is 1.91. The molecule has 0 saturated heterocycles. The Labute approximate surface area is 43.8 Å². The van der Waals surface area contributed by atoms with Crippen molar-refractivity contribution in [1.82, 2.24) is 10.2 Å². The first-order valence-corrected chi connectivity index (χ1v) is 2.45. The first-order chi connectivity index (χ1) is 3.30. The molecule has 0 aromatic heterocycles. The lowest BCUT2D eigenvalue weighted by molar-refractivity contribution is 0.356. The van der Waals surface area contributed by atoms with Crippen LogP contribution >= 0.6 is 0 Å². The summed E-state index contributed by atoms with van der Waals surface area (Å²) in [6.07, 6.45) is 4.45. The maximum absolute atomic E-state index is 3.11. The lowest BCUT2D eigenvalue weighted by atomic mass is 10.6. The van der Waals surface area contributed by atoms with Gasteiger partial charge in [-0.3, -0.25) is 0 Å². The second kappa shape index (κ2) is 1.45. The minimum atomic E-state index is 0.486. The fraction of sp³-hybridized carbons (Fsp3) is 0.600. The lowest BCUT2D eigenvalue weighted by Crippen LogP contribution is -2.28. The molecular weight excluding hydrogens is 88.1 g/mol. The molecule has 0 bridgehead atoms. The molecule has 40 valence electrons. The van der Waals surface area contributed by atoms with Crippen LogP contribution in [0.1, 0.15) is 6.92 Å². The molecule has 0 unspecified atom stereocenters. The van der Waals surface area contributed by atoms with Gasteiger partial charge >= 0.3 is 0 Å². The normalized spacial score (nSPS) is 28.3. The van der Waals surface area contributed by atoms with Gasteiger partial charge in [0.25, 0.3) is 0 Å². The molecule has 1 rings (SSSR count). The molecular formula is C5H10N2. The molecule has 2 nitrogen and oxygen atoms in total. The van der Waals surface area contributed by atoms with Gasteiger partial charge in [-0.05, 0) is 6.92 Å². The van der Waals surface area contributed by atoms with Gasteiger partial charge < -0.3 is 10.2 Å². The van der Waals surface area contributed by atoms with E-state index in [-0.39, 0.29) is 0 Å². The molecule has 1 aliphatic rings. The van der Waals surface area contributed by atoms with Crippen molar-refractivity contribution in [3.8, 4) is 0 Å². The fourth-order valence-electron chi connectivity index (χ4n) is 0.547. The van der Waals surface area contributed by atoms with Crippen molar-refractivity contribution in [3.63, 3.8) is 0 Å². The second-order valence-corrected chi connectivity index (χ2v) is 1.82. The van der Waals surface area contributed by atoms with Crippen LogP contribution in [0.5, 0.6) is 0 Å². The van der Waals surface area contributed by atoms with Crippen molar-refractivity contribution in [3.05, 3.63) is 12.4 Å². The molecule has 1 aliphatic heterocycles. The topological polar surface area (TPSA) is 15.3 Å². The highest BCUT2D eigenvalue weighted by molar-refractivity contribution is 4.89. The third-order valence-corrected chi connectivity index (χ3v) is 1.26. The van der Waals surface area contributed by atoms with Crippen LogP contribution in [0.15, 0.2) is 12.4 Å². The molecule has 0 aromatic rings. The smallest absolute Gasteiger partial charge is 0.0949 e. The molecule has 0 fully saturated rings. The SMILES string of the molecule is C[C@H]1NC=CN1C. The molecule has 0 radical (unpaired) electrons. The first kappa shape index (κ1) is 4.50. The van der Waals surface area contributed by atoms with E-state index in [1.807, 2.05) is 19.4 Å². The van der Waals surface area contributed by atoms with Crippen molar-refractivity contribution < 1.29 is 0 Å². The summed E-state index contributed by atoms with van der Waals surface area (Å²) in [7, 11) is 2.04. The van der Waals surface area contributed by atoms with Crippen molar-refractivity contribution in [2.45, 2.75) is 13.1 Å². The van der Waals surface area contributed by atoms with Crippen LogP contribution in [-0.4, -0.2) is 18.1 Å². The monoisotopic (exact) mass is 98.1 g/mol. The van der Waals surface area contributed by atoms with E-state index in [2.05, 4.69) is 17.1 Å². The molecule has 0 aliphatic carbocycles. The summed E-state index contributed by atoms with van der Waals surface area (Å²) in [5, 5.41) is 3.11. The number of hydrogen-bond acceptors (Lipinski definition) is 2. The van der Waals surface area contributed by atoms with Gasteiger partial charge in [0.05, 0.1) is 6.17 Å². The highest BCUT2D eigenvalue weighted by Crippen LogP contribution is 1.97. The molecule has 0 aromatic carbocycles. The maximum Gasteiger partial charge on any atom is 0.0949 e. The summed E-state index contributed by atoms with van der Waals surface area (Å²) >= 11 is 0. The standard InChI is InChI=1S/C5H10N2/c1-5-6-3-4-7(5)2/h3-6H,1-2H3/t5-/m0/s1. The van der Waals surface area contributed by atoms with E-state index in [4.69, 9.17) is 0 Å². The zero-order valence-corrected chi connectivity index (χ0v) is 4.68. The minimum Gasteiger partial charge on any atom is -0.370 e. The van der Waals surface area contributed by atoms with Crippen LogP contribution in [-0.2, 0) is 0 Å². The molecule has 0 amide bonds. The Bertz CT molecular complexity index is 88.1. The third kappa shape index (κ3) is 0.683. The van der Waals surface area contributed by atoms with Gasteiger partial charge in [-0.2, -0.15) is 0 Å². The van der Waals surface area contributed by atoms with Crippen molar-refractivity contribution in [2.75, 3.05) is 7.05 Å². The molecule has 0 saturated carbocycles. The van der Waals surface area contributed by atoms with Gasteiger partial charge in [-0.25, -0.2) is 0 Å². The lowest BCUT2D eigenvalue weighted by Gasteiger charge is -2.14. The quantitative estimate of drug-likeness (QED) is 0.470. The van der Waals surface area contributed by atoms with Gasteiger partial charge in [0.1, 0.15) is 0 Å². The number of nitrogens with one attached hydrogen (secondary N) is 1. The van der Waals surface area contributed by atoms with E-state index >= 15 is 0 Å². The van der Waals surface area contributed by atoms with Gasteiger partial charge in [0.2, 0.25) is 0 Å². The Morgan fingerprint density at radius 3 is 2.57 bits per heavy atom. The highest BCUT2D eigenvalue weighted by Gasteiger charge is 2.04. The molecule has 0 spiro atoms.